The van der Waals surface area contributed by atoms with Gasteiger partial charge >= 0.3 is 0 Å². The van der Waals surface area contributed by atoms with E-state index in [1.54, 1.807) is 0 Å². The molecule has 1 saturated heterocycles. The maximum Gasteiger partial charge on any atom is 0.0602 e. The highest BCUT2D eigenvalue weighted by Gasteiger charge is 2.22. The number of thioether (sulfide) groups is 2. The fourth-order valence-corrected chi connectivity index (χ4v) is 4.84. The zero-order valence-electron chi connectivity index (χ0n) is 5.47. The normalized spacial score (nSPS) is 31.8. The lowest BCUT2D eigenvalue weighted by Gasteiger charge is -2.03. The summed E-state index contributed by atoms with van der Waals surface area (Å²) >= 11 is 7.71. The van der Waals surface area contributed by atoms with Crippen molar-refractivity contribution in [3.05, 3.63) is 0 Å². The van der Waals surface area contributed by atoms with Gasteiger partial charge in [0.1, 0.15) is 0 Å². The van der Waals surface area contributed by atoms with E-state index in [1.165, 1.54) is 12.2 Å². The quantitative estimate of drug-likeness (QED) is 0.679. The third kappa shape index (κ3) is 3.05. The molecule has 62 valence electrons. The summed E-state index contributed by atoms with van der Waals surface area (Å²) in [6, 6.07) is 0. The van der Waals surface area contributed by atoms with Crippen LogP contribution in [-0.4, -0.2) is 20.9 Å². The van der Waals surface area contributed by atoms with Crippen molar-refractivity contribution >= 4 is 39.5 Å². The van der Waals surface area contributed by atoms with Crippen molar-refractivity contribution in [3.63, 3.8) is 0 Å². The zero-order valence-corrected chi connectivity index (χ0v) is 8.69. The molecule has 0 aromatic heterocycles. The topological polar surface area (TPSA) is 0 Å². The predicted molar refractivity (Wildman–Crippen MR) is 58.4 cm³/mol. The molecule has 3 heteroatoms. The molecular formula is C7H15BrS2. The third-order valence-electron chi connectivity index (χ3n) is 1.39. The Labute approximate surface area is 81.0 Å². The van der Waals surface area contributed by atoms with Gasteiger partial charge in [-0.2, -0.15) is 0 Å². The van der Waals surface area contributed by atoms with Crippen LogP contribution in [0, 0.1) is 0 Å². The molecule has 10 heavy (non-hydrogen) atoms. The summed E-state index contributed by atoms with van der Waals surface area (Å²) in [6.45, 7) is 2.27. The fraction of sp³-hybridized carbons (Fsp3) is 1.00. The first-order valence-corrected chi connectivity index (χ1v) is 6.31. The Bertz CT molecular complexity index is 77.7. The molecular weight excluding hydrogens is 228 g/mol. The SMILES string of the molecule is C.CCC1CSC(CBr)S1. The highest BCUT2D eigenvalue weighted by Crippen LogP contribution is 2.39. The molecule has 0 bridgehead atoms. The second kappa shape index (κ2) is 5.78. The minimum Gasteiger partial charge on any atom is -0.146 e. The molecule has 1 fully saturated rings. The number of alkyl halides is 1. The molecule has 0 nitrogen and oxygen atoms in total. The first-order chi connectivity index (χ1) is 4.36. The molecule has 1 heterocycles. The average Bonchev–Trinajstić information content (AvgIpc) is 2.34. The van der Waals surface area contributed by atoms with Crippen LogP contribution in [0.2, 0.25) is 0 Å². The van der Waals surface area contributed by atoms with Crippen molar-refractivity contribution < 1.29 is 0 Å². The second-order valence-corrected chi connectivity index (χ2v) is 5.77. The van der Waals surface area contributed by atoms with Crippen molar-refractivity contribution in [1.29, 1.82) is 0 Å². The molecule has 2 unspecified atom stereocenters. The van der Waals surface area contributed by atoms with E-state index in [0.717, 1.165) is 15.2 Å². The summed E-state index contributed by atoms with van der Waals surface area (Å²) in [7, 11) is 0. The fourth-order valence-electron chi connectivity index (χ4n) is 0.803. The van der Waals surface area contributed by atoms with E-state index in [1.807, 2.05) is 0 Å². The van der Waals surface area contributed by atoms with Crippen molar-refractivity contribution in [3.8, 4) is 0 Å². The van der Waals surface area contributed by atoms with Crippen molar-refractivity contribution in [2.45, 2.75) is 30.6 Å². The molecule has 1 aliphatic rings. The van der Waals surface area contributed by atoms with Gasteiger partial charge in [-0.3, -0.25) is 0 Å². The van der Waals surface area contributed by atoms with Gasteiger partial charge in [-0.25, -0.2) is 0 Å². The molecule has 0 radical (unpaired) electrons. The van der Waals surface area contributed by atoms with Crippen LogP contribution in [0.25, 0.3) is 0 Å². The van der Waals surface area contributed by atoms with Crippen LogP contribution in [-0.2, 0) is 0 Å². The average molecular weight is 243 g/mol. The van der Waals surface area contributed by atoms with Crippen LogP contribution >= 0.6 is 39.5 Å². The maximum atomic E-state index is 3.49. The van der Waals surface area contributed by atoms with Gasteiger partial charge < -0.3 is 0 Å². The van der Waals surface area contributed by atoms with E-state index in [2.05, 4.69) is 46.4 Å². The molecule has 0 aliphatic carbocycles. The number of hydrogen-bond acceptors (Lipinski definition) is 2. The Morgan fingerprint density at radius 1 is 1.60 bits per heavy atom. The molecule has 0 saturated carbocycles. The van der Waals surface area contributed by atoms with Gasteiger partial charge in [0, 0.05) is 16.3 Å². The van der Waals surface area contributed by atoms with Crippen LogP contribution in [0.4, 0.5) is 0 Å². The first-order valence-electron chi connectivity index (χ1n) is 3.19. The highest BCUT2D eigenvalue weighted by atomic mass is 79.9. The van der Waals surface area contributed by atoms with Gasteiger partial charge in [-0.15, -0.1) is 23.5 Å². The molecule has 0 spiro atoms. The summed E-state index contributed by atoms with van der Waals surface area (Å²) in [5, 5.41) is 2.08. The van der Waals surface area contributed by atoms with Crippen LogP contribution in [0.1, 0.15) is 20.8 Å². The van der Waals surface area contributed by atoms with Gasteiger partial charge in [-0.05, 0) is 6.42 Å². The Hall–Kier alpha value is 1.18. The van der Waals surface area contributed by atoms with E-state index >= 15 is 0 Å². The molecule has 1 aliphatic heterocycles. The molecule has 2 atom stereocenters. The summed E-state index contributed by atoms with van der Waals surface area (Å²) in [4.78, 5) is 0. The monoisotopic (exact) mass is 242 g/mol. The van der Waals surface area contributed by atoms with E-state index in [9.17, 15) is 0 Å². The minimum atomic E-state index is 0. The van der Waals surface area contributed by atoms with Gasteiger partial charge in [0.2, 0.25) is 0 Å². The summed E-state index contributed by atoms with van der Waals surface area (Å²) in [6.07, 6.45) is 1.33. The Balaban J connectivity index is 0.000000810. The lowest BCUT2D eigenvalue weighted by Crippen LogP contribution is -1.97. The minimum absolute atomic E-state index is 0. The lowest BCUT2D eigenvalue weighted by atomic mass is 10.4. The number of halogens is 1. The molecule has 1 rings (SSSR count). The largest absolute Gasteiger partial charge is 0.146 e. The van der Waals surface area contributed by atoms with E-state index in [4.69, 9.17) is 0 Å². The van der Waals surface area contributed by atoms with E-state index in [0.29, 0.717) is 0 Å². The van der Waals surface area contributed by atoms with Crippen LogP contribution in [0.15, 0.2) is 0 Å². The van der Waals surface area contributed by atoms with Gasteiger partial charge in [0.25, 0.3) is 0 Å². The van der Waals surface area contributed by atoms with Crippen molar-refractivity contribution in [2.24, 2.45) is 0 Å². The van der Waals surface area contributed by atoms with Gasteiger partial charge in [0.05, 0.1) is 4.58 Å². The van der Waals surface area contributed by atoms with E-state index in [-0.39, 0.29) is 7.43 Å². The first kappa shape index (κ1) is 11.2. The number of hydrogen-bond donors (Lipinski definition) is 0. The predicted octanol–water partition coefficient (Wildman–Crippen LogP) is 3.60. The van der Waals surface area contributed by atoms with Gasteiger partial charge in [0.15, 0.2) is 0 Å². The summed E-state index contributed by atoms with van der Waals surface area (Å²) in [5.74, 6) is 1.36. The zero-order chi connectivity index (χ0) is 6.69. The Kier molecular flexibility index (Phi) is 6.47. The number of rotatable bonds is 2. The second-order valence-electron chi connectivity index (χ2n) is 2.08. The standard InChI is InChI=1S/C6H11BrS2.CH4/c1-2-5-4-8-6(3-7)9-5;/h5-6H,2-4H2,1H3;1H4. The lowest BCUT2D eigenvalue weighted by molar-refractivity contribution is 0.925. The highest BCUT2D eigenvalue weighted by molar-refractivity contribution is 9.09. The molecule has 0 aromatic rings. The summed E-state index contributed by atoms with van der Waals surface area (Å²) < 4.78 is 0.829. The maximum absolute atomic E-state index is 3.49. The van der Waals surface area contributed by atoms with Crippen LogP contribution in [0.5, 0.6) is 0 Å². The van der Waals surface area contributed by atoms with Crippen molar-refractivity contribution in [1.82, 2.24) is 0 Å². The Morgan fingerprint density at radius 3 is 2.60 bits per heavy atom. The molecule has 0 amide bonds. The third-order valence-corrected chi connectivity index (χ3v) is 6.34. The molecule has 0 aromatic carbocycles. The molecule has 0 N–H and O–H groups in total. The van der Waals surface area contributed by atoms with Gasteiger partial charge in [-0.1, -0.05) is 30.3 Å². The van der Waals surface area contributed by atoms with E-state index < -0.39 is 0 Å². The van der Waals surface area contributed by atoms with Crippen molar-refractivity contribution in [2.75, 3.05) is 11.1 Å². The van der Waals surface area contributed by atoms with Crippen LogP contribution < -0.4 is 0 Å². The smallest absolute Gasteiger partial charge is 0.0602 e. The Morgan fingerprint density at radius 2 is 2.30 bits per heavy atom. The van der Waals surface area contributed by atoms with Crippen LogP contribution in [0.3, 0.4) is 0 Å². The summed E-state index contributed by atoms with van der Waals surface area (Å²) in [5.41, 5.74) is 0.